The maximum atomic E-state index is 12.0. The van der Waals surface area contributed by atoms with E-state index in [4.69, 9.17) is 19.4 Å². The molecule has 0 atom stereocenters. The highest BCUT2D eigenvalue weighted by Crippen LogP contribution is 2.23. The first-order chi connectivity index (χ1) is 16.7. The summed E-state index contributed by atoms with van der Waals surface area (Å²) in [6, 6.07) is 19.8. The highest BCUT2D eigenvalue weighted by Gasteiger charge is 2.17. The number of methoxy groups -OCH3 is 1. The van der Waals surface area contributed by atoms with Crippen LogP contribution in [0, 0.1) is 0 Å². The van der Waals surface area contributed by atoms with E-state index in [2.05, 4.69) is 45.9 Å². The van der Waals surface area contributed by atoms with Crippen molar-refractivity contribution in [1.82, 2.24) is 15.3 Å². The fraction of sp³-hybridized carbons (Fsp3) is 0.320. The number of carbonyl (C=O) groups is 1. The summed E-state index contributed by atoms with van der Waals surface area (Å²) in [5.74, 6) is 2.41. The molecule has 1 aliphatic heterocycles. The van der Waals surface area contributed by atoms with E-state index in [0.29, 0.717) is 37.9 Å². The average Bonchev–Trinajstić information content (AvgIpc) is 2.89. The maximum Gasteiger partial charge on any atom is 0.319 e. The van der Waals surface area contributed by atoms with E-state index >= 15 is 0 Å². The summed E-state index contributed by atoms with van der Waals surface area (Å²) in [7, 11) is 1.60. The summed E-state index contributed by atoms with van der Waals surface area (Å²) in [6.45, 7) is 3.94. The summed E-state index contributed by atoms with van der Waals surface area (Å²) in [4.78, 5) is 25.2. The molecular formula is C25H30N5O3S+. The monoisotopic (exact) mass is 480 g/mol. The fourth-order valence-corrected chi connectivity index (χ4v) is 4.39. The molecule has 0 aliphatic carbocycles. The van der Waals surface area contributed by atoms with Crippen molar-refractivity contribution in [3.05, 3.63) is 66.4 Å². The minimum atomic E-state index is -0.266. The first-order valence-electron chi connectivity index (χ1n) is 11.3. The van der Waals surface area contributed by atoms with Crippen molar-refractivity contribution in [3.8, 4) is 11.4 Å². The van der Waals surface area contributed by atoms with Crippen molar-refractivity contribution in [2.45, 2.75) is 10.6 Å². The van der Waals surface area contributed by atoms with Crippen molar-refractivity contribution in [3.63, 3.8) is 0 Å². The van der Waals surface area contributed by atoms with Crippen molar-refractivity contribution < 1.29 is 14.3 Å². The topological polar surface area (TPSA) is 88.6 Å². The average molecular weight is 481 g/mol. The normalized spacial score (nSPS) is 13.5. The first kappa shape index (κ1) is 24.0. The van der Waals surface area contributed by atoms with Crippen molar-refractivity contribution in [2.24, 2.45) is 0 Å². The summed E-state index contributed by atoms with van der Waals surface area (Å²) >= 11 is 1.20. The van der Waals surface area contributed by atoms with E-state index < -0.39 is 0 Å². The van der Waals surface area contributed by atoms with Crippen LogP contribution in [-0.4, -0.2) is 62.6 Å². The highest BCUT2D eigenvalue weighted by molar-refractivity contribution is 7.77. The lowest BCUT2D eigenvalue weighted by Gasteiger charge is -2.28. The number of hydrogen-bond donors (Lipinski definition) is 2. The van der Waals surface area contributed by atoms with Crippen LogP contribution in [0.5, 0.6) is 0 Å². The number of benzene rings is 2. The zero-order chi connectivity index (χ0) is 23.6. The second kappa shape index (κ2) is 12.4. The van der Waals surface area contributed by atoms with E-state index in [1.807, 2.05) is 30.3 Å². The lowest BCUT2D eigenvalue weighted by atomic mass is 10.2. The molecule has 0 radical (unpaired) electrons. The Labute approximate surface area is 204 Å². The van der Waals surface area contributed by atoms with E-state index in [1.165, 1.54) is 16.7 Å². The number of thiol groups is 1. The molecule has 2 amide bonds. The zero-order valence-electron chi connectivity index (χ0n) is 19.2. The number of anilines is 2. The van der Waals surface area contributed by atoms with Gasteiger partial charge in [0.1, 0.15) is 5.82 Å². The zero-order valence-corrected chi connectivity index (χ0v) is 20.1. The Bertz CT molecular complexity index is 1060. The molecule has 1 fully saturated rings. The number of morpholine rings is 1. The number of rotatable bonds is 9. The van der Waals surface area contributed by atoms with Gasteiger partial charge in [-0.2, -0.15) is 0 Å². The van der Waals surface area contributed by atoms with Gasteiger partial charge >= 0.3 is 6.03 Å². The predicted molar refractivity (Wildman–Crippen MR) is 137 cm³/mol. The standard InChI is InChI=1S/C25H29N5O3S/c1-32-14-11-26-25(31)28-20-9-7-19(8-10-20)24-27-21(18-34-22-5-3-2-4-6-22)17-23(29-24)30-12-15-33-16-13-30/h2-10,17H,11-16,18H2,1H3,(H2,26,28,31)/p+1. The first-order valence-corrected chi connectivity index (χ1v) is 12.4. The van der Waals surface area contributed by atoms with Gasteiger partial charge in [-0.15, -0.1) is 0 Å². The molecule has 34 heavy (non-hydrogen) atoms. The largest absolute Gasteiger partial charge is 0.383 e. The van der Waals surface area contributed by atoms with E-state index in [9.17, 15) is 4.79 Å². The molecule has 0 spiro atoms. The minimum Gasteiger partial charge on any atom is -0.383 e. The van der Waals surface area contributed by atoms with Gasteiger partial charge < -0.3 is 25.0 Å². The van der Waals surface area contributed by atoms with Crippen LogP contribution in [-0.2, 0) is 27.0 Å². The number of ether oxygens (including phenoxy) is 2. The van der Waals surface area contributed by atoms with Gasteiger partial charge in [-0.1, -0.05) is 18.2 Å². The van der Waals surface area contributed by atoms with E-state index in [1.54, 1.807) is 7.11 Å². The molecule has 1 saturated heterocycles. The van der Waals surface area contributed by atoms with Crippen LogP contribution in [0.3, 0.4) is 0 Å². The van der Waals surface area contributed by atoms with Crippen molar-refractivity contribution >= 4 is 29.3 Å². The van der Waals surface area contributed by atoms with Gasteiger partial charge in [0, 0.05) is 55.8 Å². The number of urea groups is 1. The second-order valence-electron chi connectivity index (χ2n) is 7.74. The van der Waals surface area contributed by atoms with Gasteiger partial charge in [-0.25, -0.2) is 14.8 Å². The van der Waals surface area contributed by atoms with Gasteiger partial charge in [0.05, 0.1) is 25.5 Å². The van der Waals surface area contributed by atoms with Gasteiger partial charge in [0.25, 0.3) is 0 Å². The number of nitrogens with one attached hydrogen (secondary N) is 2. The number of hydrogen-bond acceptors (Lipinski definition) is 6. The third kappa shape index (κ3) is 6.93. The Morgan fingerprint density at radius 3 is 2.59 bits per heavy atom. The fourth-order valence-electron chi connectivity index (χ4n) is 3.50. The maximum absolute atomic E-state index is 12.0. The molecule has 1 aliphatic rings. The van der Waals surface area contributed by atoms with Crippen molar-refractivity contribution in [2.75, 3.05) is 56.8 Å². The number of nitrogens with zero attached hydrogens (tertiary/aromatic N) is 3. The van der Waals surface area contributed by atoms with Gasteiger partial charge in [0.15, 0.2) is 16.5 Å². The van der Waals surface area contributed by atoms with Crippen LogP contribution in [0.25, 0.3) is 11.4 Å². The lowest BCUT2D eigenvalue weighted by molar-refractivity contribution is 0.122. The van der Waals surface area contributed by atoms with Crippen LogP contribution >= 0.6 is 0 Å². The Kier molecular flexibility index (Phi) is 8.72. The Balaban J connectivity index is 1.51. The van der Waals surface area contributed by atoms with Gasteiger partial charge in [-0.05, 0) is 36.4 Å². The molecular weight excluding hydrogens is 450 g/mol. The van der Waals surface area contributed by atoms with Crippen LogP contribution in [0.1, 0.15) is 5.69 Å². The number of carbonyl (C=O) groups excluding carboxylic acids is 1. The molecule has 0 saturated carbocycles. The summed E-state index contributed by atoms with van der Waals surface area (Å²) in [5.41, 5.74) is 2.60. The highest BCUT2D eigenvalue weighted by atomic mass is 32.2. The molecule has 178 valence electrons. The van der Waals surface area contributed by atoms with E-state index in [0.717, 1.165) is 35.9 Å². The van der Waals surface area contributed by atoms with Crippen LogP contribution in [0.4, 0.5) is 16.3 Å². The Morgan fingerprint density at radius 2 is 1.85 bits per heavy atom. The Hall–Kier alpha value is -3.14. The minimum absolute atomic E-state index is 0.266. The molecule has 2 heterocycles. The van der Waals surface area contributed by atoms with E-state index in [-0.39, 0.29) is 6.03 Å². The molecule has 1 aromatic heterocycles. The van der Waals surface area contributed by atoms with Crippen LogP contribution in [0.15, 0.2) is 65.6 Å². The summed E-state index contributed by atoms with van der Waals surface area (Å²) in [5, 5.41) is 5.56. The predicted octanol–water partition coefficient (Wildman–Crippen LogP) is 3.12. The molecule has 0 unspecified atom stereocenters. The third-order valence-electron chi connectivity index (χ3n) is 5.27. The second-order valence-corrected chi connectivity index (χ2v) is 8.89. The summed E-state index contributed by atoms with van der Waals surface area (Å²) < 4.78 is 10.5. The Morgan fingerprint density at radius 1 is 1.09 bits per heavy atom. The molecule has 8 nitrogen and oxygen atoms in total. The quantitative estimate of drug-likeness (QED) is 0.278. The molecule has 2 N–H and O–H groups in total. The van der Waals surface area contributed by atoms with Crippen molar-refractivity contribution in [1.29, 1.82) is 0 Å². The molecule has 4 rings (SSSR count). The molecule has 0 bridgehead atoms. The van der Waals surface area contributed by atoms with Gasteiger partial charge in [-0.3, -0.25) is 0 Å². The molecule has 3 aromatic rings. The van der Waals surface area contributed by atoms with Gasteiger partial charge in [0.2, 0.25) is 0 Å². The number of aromatic nitrogens is 2. The number of amides is 2. The van der Waals surface area contributed by atoms with Crippen LogP contribution < -0.4 is 15.5 Å². The lowest BCUT2D eigenvalue weighted by Crippen LogP contribution is -2.37. The summed E-state index contributed by atoms with van der Waals surface area (Å²) in [6.07, 6.45) is 0. The molecule has 2 aromatic carbocycles. The van der Waals surface area contributed by atoms with Crippen LogP contribution in [0.2, 0.25) is 0 Å². The third-order valence-corrected chi connectivity index (χ3v) is 6.42. The molecule has 9 heteroatoms. The SMILES string of the molecule is COCCNC(=O)Nc1ccc(-c2nc(C[SH+]c3ccccc3)cc(N3CCOCC3)n2)cc1. The smallest absolute Gasteiger partial charge is 0.319 e.